The highest BCUT2D eigenvalue weighted by molar-refractivity contribution is 5.15. The minimum atomic E-state index is 0.0235. The Hall–Kier alpha value is -1.58. The van der Waals surface area contributed by atoms with E-state index in [1.807, 2.05) is 6.07 Å². The van der Waals surface area contributed by atoms with E-state index in [4.69, 9.17) is 9.15 Å². The first kappa shape index (κ1) is 18.2. The highest BCUT2D eigenvalue weighted by atomic mass is 16.5. The first-order valence-corrected chi connectivity index (χ1v) is 9.64. The number of quaternary nitrogens is 1. The third kappa shape index (κ3) is 5.72. The largest absolute Gasteiger partial charge is 0.463 e. The lowest BCUT2D eigenvalue weighted by molar-refractivity contribution is -0.673. The molecule has 0 radical (unpaired) electrons. The average molecular weight is 343 g/mol. The summed E-state index contributed by atoms with van der Waals surface area (Å²) in [7, 11) is 0. The predicted octanol–water partition coefficient (Wildman–Crippen LogP) is 3.80. The van der Waals surface area contributed by atoms with Gasteiger partial charge in [0.2, 0.25) is 0 Å². The average Bonchev–Trinajstić information content (AvgIpc) is 3.11. The maximum Gasteiger partial charge on any atom is 0.157 e. The lowest BCUT2D eigenvalue weighted by Crippen LogP contribution is -2.82. The summed E-state index contributed by atoms with van der Waals surface area (Å²) in [5, 5.41) is 2.38. The zero-order chi connectivity index (χ0) is 17.5. The van der Waals surface area contributed by atoms with Gasteiger partial charge >= 0.3 is 0 Å². The molecule has 2 heterocycles. The van der Waals surface area contributed by atoms with E-state index in [-0.39, 0.29) is 5.60 Å². The van der Waals surface area contributed by atoms with Crippen LogP contribution in [0.4, 0.5) is 0 Å². The van der Waals surface area contributed by atoms with Crippen molar-refractivity contribution in [3.63, 3.8) is 0 Å². The van der Waals surface area contributed by atoms with Gasteiger partial charge in [-0.15, -0.1) is 0 Å². The Labute approximate surface area is 151 Å². The Bertz CT molecular complexity index is 606. The molecule has 0 aliphatic carbocycles. The van der Waals surface area contributed by atoms with Gasteiger partial charge in [0.1, 0.15) is 6.54 Å². The molecule has 1 aliphatic rings. The highest BCUT2D eigenvalue weighted by Gasteiger charge is 2.33. The molecule has 1 aliphatic heterocycles. The summed E-state index contributed by atoms with van der Waals surface area (Å²) in [6, 6.07) is 15.0. The van der Waals surface area contributed by atoms with Crippen LogP contribution in [0.5, 0.6) is 0 Å². The van der Waals surface area contributed by atoms with E-state index in [9.17, 15) is 0 Å². The monoisotopic (exact) mass is 342 g/mol. The maximum atomic E-state index is 5.95. The van der Waals surface area contributed by atoms with Crippen LogP contribution in [0.3, 0.4) is 0 Å². The number of furan rings is 1. The minimum absolute atomic E-state index is 0.0235. The molecule has 3 heteroatoms. The van der Waals surface area contributed by atoms with Gasteiger partial charge in [-0.2, -0.15) is 0 Å². The lowest BCUT2D eigenvalue weighted by Gasteiger charge is -2.39. The normalized spacial score (nSPS) is 21.1. The van der Waals surface area contributed by atoms with Gasteiger partial charge in [0.25, 0.3) is 0 Å². The van der Waals surface area contributed by atoms with Crippen molar-refractivity contribution in [2.45, 2.75) is 51.7 Å². The molecule has 1 aromatic heterocycles. The molecule has 3 nitrogen and oxygen atoms in total. The Kier molecular flexibility index (Phi) is 6.33. The molecule has 1 aromatic carbocycles. The minimum Gasteiger partial charge on any atom is -0.463 e. The second-order valence-corrected chi connectivity index (χ2v) is 7.96. The zero-order valence-electron chi connectivity index (χ0n) is 15.6. The number of hydrogen-bond acceptors (Lipinski definition) is 2. The molecule has 0 spiro atoms. The van der Waals surface area contributed by atoms with Crippen LogP contribution in [-0.2, 0) is 17.7 Å². The summed E-state index contributed by atoms with van der Waals surface area (Å²) in [6.45, 7) is 7.46. The second kappa shape index (κ2) is 8.68. The molecule has 2 aromatic rings. The van der Waals surface area contributed by atoms with E-state index in [2.05, 4.69) is 55.6 Å². The topological polar surface area (TPSA) is 39.0 Å². The van der Waals surface area contributed by atoms with Crippen molar-refractivity contribution in [1.82, 2.24) is 0 Å². The summed E-state index contributed by atoms with van der Waals surface area (Å²) >= 11 is 0. The summed E-state index contributed by atoms with van der Waals surface area (Å²) in [6.07, 6.45) is 6.54. The Morgan fingerprint density at radius 1 is 1.16 bits per heavy atom. The van der Waals surface area contributed by atoms with Gasteiger partial charge in [0, 0.05) is 6.61 Å². The van der Waals surface area contributed by atoms with Crippen LogP contribution in [0.1, 0.15) is 44.4 Å². The van der Waals surface area contributed by atoms with Crippen LogP contribution in [0, 0.1) is 11.8 Å². The fourth-order valence-electron chi connectivity index (χ4n) is 4.11. The van der Waals surface area contributed by atoms with E-state index in [1.54, 1.807) is 6.26 Å². The molecule has 1 fully saturated rings. The molecular weight excluding hydrogens is 310 g/mol. The summed E-state index contributed by atoms with van der Waals surface area (Å²) in [4.78, 5) is 0. The first-order chi connectivity index (χ1) is 12.1. The van der Waals surface area contributed by atoms with Crippen LogP contribution in [0.25, 0.3) is 0 Å². The molecule has 0 unspecified atom stereocenters. The predicted molar refractivity (Wildman–Crippen MR) is 100 cm³/mol. The Morgan fingerprint density at radius 3 is 2.72 bits per heavy atom. The number of ether oxygens (including phenoxy) is 1. The maximum absolute atomic E-state index is 5.95. The fraction of sp³-hybridized carbons (Fsp3) is 0.545. The first-order valence-electron chi connectivity index (χ1n) is 9.64. The van der Waals surface area contributed by atoms with E-state index >= 15 is 0 Å². The number of hydrogen-bond donors (Lipinski definition) is 1. The second-order valence-electron chi connectivity index (χ2n) is 7.96. The zero-order valence-corrected chi connectivity index (χ0v) is 15.6. The van der Waals surface area contributed by atoms with Crippen LogP contribution in [0.2, 0.25) is 0 Å². The molecule has 2 N–H and O–H groups in total. The smallest absolute Gasteiger partial charge is 0.157 e. The van der Waals surface area contributed by atoms with E-state index in [0.29, 0.717) is 0 Å². The van der Waals surface area contributed by atoms with Gasteiger partial charge in [-0.1, -0.05) is 30.3 Å². The van der Waals surface area contributed by atoms with E-state index in [1.165, 1.54) is 31.2 Å². The van der Waals surface area contributed by atoms with Crippen LogP contribution < -0.4 is 5.32 Å². The number of rotatable bonds is 8. The molecule has 2 atom stereocenters. The fourth-order valence-corrected chi connectivity index (χ4v) is 4.11. The lowest BCUT2D eigenvalue weighted by atomic mass is 9.76. The van der Waals surface area contributed by atoms with Crippen molar-refractivity contribution in [2.75, 3.05) is 13.2 Å². The summed E-state index contributed by atoms with van der Waals surface area (Å²) in [5.74, 6) is 2.53. The van der Waals surface area contributed by atoms with Crippen molar-refractivity contribution in [3.8, 4) is 0 Å². The van der Waals surface area contributed by atoms with Crippen molar-refractivity contribution in [1.29, 1.82) is 0 Å². The molecule has 0 saturated carbocycles. The molecule has 1 saturated heterocycles. The highest BCUT2D eigenvalue weighted by Crippen LogP contribution is 2.36. The van der Waals surface area contributed by atoms with Crippen molar-refractivity contribution in [2.24, 2.45) is 11.8 Å². The van der Waals surface area contributed by atoms with Crippen molar-refractivity contribution >= 4 is 0 Å². The molecule has 136 valence electrons. The molecular formula is C22H32NO2+. The standard InChI is InChI=1S/C22H31NO2/c1-22(2)16-20(11-14-25-22)19(15-18-7-4-3-5-8-18)10-12-23-17-21-9-6-13-24-21/h3-9,13,19-20,23H,10-12,14-17H2,1-2H3/p+1/t19-,20-/m1/s1. The number of benzene rings is 1. The molecule has 3 rings (SSSR count). The van der Waals surface area contributed by atoms with Crippen LogP contribution in [0.15, 0.2) is 53.1 Å². The molecule has 0 amide bonds. The molecule has 0 bridgehead atoms. The third-order valence-corrected chi connectivity index (χ3v) is 5.41. The SMILES string of the molecule is CC1(C)C[C@H]([C@H](CC[NH2+]Cc2ccco2)Cc2ccccc2)CCO1. The van der Waals surface area contributed by atoms with Gasteiger partial charge in [-0.3, -0.25) is 0 Å². The van der Waals surface area contributed by atoms with Gasteiger partial charge < -0.3 is 14.5 Å². The quantitative estimate of drug-likeness (QED) is 0.741. The van der Waals surface area contributed by atoms with Crippen molar-refractivity contribution < 1.29 is 14.5 Å². The van der Waals surface area contributed by atoms with E-state index < -0.39 is 0 Å². The van der Waals surface area contributed by atoms with Gasteiger partial charge in [-0.05, 0) is 69.1 Å². The summed E-state index contributed by atoms with van der Waals surface area (Å²) < 4.78 is 11.4. The van der Waals surface area contributed by atoms with Gasteiger partial charge in [0.15, 0.2) is 5.76 Å². The Balaban J connectivity index is 1.57. The van der Waals surface area contributed by atoms with Gasteiger partial charge in [0.05, 0.1) is 18.4 Å². The van der Waals surface area contributed by atoms with Crippen LogP contribution >= 0.6 is 0 Å². The molecule has 25 heavy (non-hydrogen) atoms. The number of nitrogens with two attached hydrogens (primary N) is 1. The van der Waals surface area contributed by atoms with Crippen LogP contribution in [-0.4, -0.2) is 18.8 Å². The summed E-state index contributed by atoms with van der Waals surface area (Å²) in [5.41, 5.74) is 1.48. The Morgan fingerprint density at radius 2 is 2.00 bits per heavy atom. The van der Waals surface area contributed by atoms with E-state index in [0.717, 1.165) is 37.3 Å². The van der Waals surface area contributed by atoms with Gasteiger partial charge in [-0.25, -0.2) is 0 Å². The van der Waals surface area contributed by atoms with Crippen molar-refractivity contribution in [3.05, 3.63) is 60.1 Å². The third-order valence-electron chi connectivity index (χ3n) is 5.41.